The second-order valence-electron chi connectivity index (χ2n) is 7.40. The number of aromatic nitrogens is 1. The van der Waals surface area contributed by atoms with E-state index in [1.54, 1.807) is 29.2 Å². The lowest BCUT2D eigenvalue weighted by Crippen LogP contribution is -2.31. The number of carboxylic acid groups (broad SMARTS) is 1. The molecule has 0 radical (unpaired) electrons. The van der Waals surface area contributed by atoms with Crippen LogP contribution in [0.25, 0.3) is 10.9 Å². The zero-order chi connectivity index (χ0) is 19.8. The van der Waals surface area contributed by atoms with Crippen molar-refractivity contribution >= 4 is 22.8 Å². The largest absolute Gasteiger partial charge is 0.481 e. The van der Waals surface area contributed by atoms with Gasteiger partial charge in [-0.25, -0.2) is 4.39 Å². The van der Waals surface area contributed by atoms with Gasteiger partial charge in [-0.2, -0.15) is 0 Å². The summed E-state index contributed by atoms with van der Waals surface area (Å²) in [6.45, 7) is 2.67. The van der Waals surface area contributed by atoms with Gasteiger partial charge in [-0.05, 0) is 24.1 Å². The number of benzene rings is 2. The number of carboxylic acids is 1. The second-order valence-corrected chi connectivity index (χ2v) is 7.40. The Morgan fingerprint density at radius 3 is 2.54 bits per heavy atom. The van der Waals surface area contributed by atoms with Crippen LogP contribution in [0.1, 0.15) is 23.0 Å². The number of carbonyl (C=O) groups is 2. The Bertz CT molecular complexity index is 1060. The van der Waals surface area contributed by atoms with E-state index < -0.39 is 11.9 Å². The van der Waals surface area contributed by atoms with E-state index in [1.807, 2.05) is 35.8 Å². The summed E-state index contributed by atoms with van der Waals surface area (Å²) in [5, 5.41) is 10.3. The molecule has 0 saturated carbocycles. The number of fused-ring (bicyclic) bond motifs is 1. The van der Waals surface area contributed by atoms with E-state index in [4.69, 9.17) is 0 Å². The maximum atomic E-state index is 14.2. The van der Waals surface area contributed by atoms with Gasteiger partial charge in [0.2, 0.25) is 0 Å². The van der Waals surface area contributed by atoms with Crippen molar-refractivity contribution in [2.24, 2.45) is 11.8 Å². The molecular weight excluding hydrogens is 359 g/mol. The summed E-state index contributed by atoms with van der Waals surface area (Å²) in [4.78, 5) is 26.3. The molecule has 4 rings (SSSR count). The Morgan fingerprint density at radius 1 is 1.11 bits per heavy atom. The van der Waals surface area contributed by atoms with Gasteiger partial charge >= 0.3 is 5.97 Å². The van der Waals surface area contributed by atoms with Crippen LogP contribution < -0.4 is 0 Å². The van der Waals surface area contributed by atoms with Gasteiger partial charge in [-0.1, -0.05) is 43.3 Å². The van der Waals surface area contributed by atoms with E-state index in [2.05, 4.69) is 0 Å². The number of rotatable bonds is 4. The molecule has 1 aromatic heterocycles. The Balaban J connectivity index is 1.74. The Hall–Kier alpha value is -3.15. The van der Waals surface area contributed by atoms with Crippen LogP contribution >= 0.6 is 0 Å². The van der Waals surface area contributed by atoms with Crippen molar-refractivity contribution in [3.8, 4) is 0 Å². The number of hydrogen-bond donors (Lipinski definition) is 1. The van der Waals surface area contributed by atoms with E-state index in [0.29, 0.717) is 17.8 Å². The smallest absolute Gasteiger partial charge is 0.308 e. The number of likely N-dealkylation sites (tertiary alicyclic amines) is 1. The van der Waals surface area contributed by atoms with Gasteiger partial charge in [0, 0.05) is 29.6 Å². The first kappa shape index (κ1) is 18.2. The first-order chi connectivity index (χ1) is 13.5. The average molecular weight is 380 g/mol. The Kier molecular flexibility index (Phi) is 4.63. The summed E-state index contributed by atoms with van der Waals surface area (Å²) >= 11 is 0. The standard InChI is InChI=1S/C22H21FN2O3/c1-14-11-24(13-17(14)22(27)28)21(26)20-10-15-6-3-5-9-19(15)25(20)12-16-7-2-4-8-18(16)23/h2-10,14,17H,11-13H2,1H3,(H,27,28)/t14-,17-/m1/s1. The van der Waals surface area contributed by atoms with Crippen LogP contribution in [0.4, 0.5) is 4.39 Å². The van der Waals surface area contributed by atoms with Crippen LogP contribution in [-0.2, 0) is 11.3 Å². The molecule has 5 nitrogen and oxygen atoms in total. The molecule has 28 heavy (non-hydrogen) atoms. The summed E-state index contributed by atoms with van der Waals surface area (Å²) in [5.41, 5.74) is 1.79. The fourth-order valence-corrected chi connectivity index (χ4v) is 3.97. The third-order valence-corrected chi connectivity index (χ3v) is 5.53. The van der Waals surface area contributed by atoms with E-state index in [0.717, 1.165) is 10.9 Å². The highest BCUT2D eigenvalue weighted by Crippen LogP contribution is 2.28. The summed E-state index contributed by atoms with van der Waals surface area (Å²) in [5.74, 6) is -2.09. The molecule has 1 fully saturated rings. The van der Waals surface area contributed by atoms with Crippen molar-refractivity contribution in [1.29, 1.82) is 0 Å². The maximum absolute atomic E-state index is 14.2. The van der Waals surface area contributed by atoms with E-state index in [1.165, 1.54) is 6.07 Å². The lowest BCUT2D eigenvalue weighted by molar-refractivity contribution is -0.142. The molecule has 1 aliphatic heterocycles. The minimum Gasteiger partial charge on any atom is -0.481 e. The van der Waals surface area contributed by atoms with Gasteiger partial charge in [0.25, 0.3) is 5.91 Å². The topological polar surface area (TPSA) is 62.5 Å². The van der Waals surface area contributed by atoms with Crippen molar-refractivity contribution in [3.05, 3.63) is 71.7 Å². The van der Waals surface area contributed by atoms with E-state index in [9.17, 15) is 19.1 Å². The molecule has 1 N–H and O–H groups in total. The predicted molar refractivity (Wildman–Crippen MR) is 104 cm³/mol. The van der Waals surface area contributed by atoms with Gasteiger partial charge in [0.1, 0.15) is 11.5 Å². The summed E-state index contributed by atoms with van der Waals surface area (Å²) in [6.07, 6.45) is 0. The Morgan fingerprint density at radius 2 is 1.82 bits per heavy atom. The van der Waals surface area contributed by atoms with Gasteiger partial charge < -0.3 is 14.6 Å². The minimum absolute atomic E-state index is 0.106. The molecule has 3 aromatic rings. The minimum atomic E-state index is -0.880. The highest BCUT2D eigenvalue weighted by Gasteiger charge is 2.38. The van der Waals surface area contributed by atoms with Crippen LogP contribution in [0.15, 0.2) is 54.6 Å². The molecule has 1 saturated heterocycles. The third-order valence-electron chi connectivity index (χ3n) is 5.53. The summed E-state index contributed by atoms with van der Waals surface area (Å²) in [6, 6.07) is 15.9. The molecule has 1 amide bonds. The number of para-hydroxylation sites is 1. The Labute approximate surface area is 162 Å². The molecule has 2 aromatic carbocycles. The van der Waals surface area contributed by atoms with Crippen LogP contribution in [0, 0.1) is 17.7 Å². The first-order valence-electron chi connectivity index (χ1n) is 9.29. The van der Waals surface area contributed by atoms with Gasteiger partial charge in [-0.3, -0.25) is 9.59 Å². The maximum Gasteiger partial charge on any atom is 0.308 e. The monoisotopic (exact) mass is 380 g/mol. The lowest BCUT2D eigenvalue weighted by Gasteiger charge is -2.18. The molecule has 6 heteroatoms. The summed E-state index contributed by atoms with van der Waals surface area (Å²) in [7, 11) is 0. The number of aliphatic carboxylic acids is 1. The molecule has 0 spiro atoms. The molecule has 144 valence electrons. The van der Waals surface area contributed by atoms with Crippen LogP contribution in [0.3, 0.4) is 0 Å². The van der Waals surface area contributed by atoms with E-state index in [-0.39, 0.29) is 30.7 Å². The second kappa shape index (κ2) is 7.11. The molecule has 1 aliphatic rings. The summed E-state index contributed by atoms with van der Waals surface area (Å²) < 4.78 is 16.0. The SMILES string of the molecule is C[C@@H]1CN(C(=O)c2cc3ccccc3n2Cc2ccccc2F)C[C@H]1C(=O)O. The number of carbonyl (C=O) groups excluding carboxylic acids is 1. The number of nitrogens with zero attached hydrogens (tertiary/aromatic N) is 2. The molecule has 0 aliphatic carbocycles. The van der Waals surface area contributed by atoms with E-state index >= 15 is 0 Å². The quantitative estimate of drug-likeness (QED) is 0.752. The first-order valence-corrected chi connectivity index (χ1v) is 9.29. The normalized spacial score (nSPS) is 19.3. The van der Waals surface area contributed by atoms with Crippen molar-refractivity contribution < 1.29 is 19.1 Å². The highest BCUT2D eigenvalue weighted by molar-refractivity contribution is 5.99. The van der Waals surface area contributed by atoms with Crippen molar-refractivity contribution in [2.45, 2.75) is 13.5 Å². The number of halogens is 1. The third kappa shape index (κ3) is 3.15. The lowest BCUT2D eigenvalue weighted by atomic mass is 9.99. The van der Waals surface area contributed by atoms with Gasteiger partial charge in [0.05, 0.1) is 12.5 Å². The van der Waals surface area contributed by atoms with Crippen molar-refractivity contribution in [1.82, 2.24) is 9.47 Å². The van der Waals surface area contributed by atoms with Gasteiger partial charge in [0.15, 0.2) is 0 Å². The van der Waals surface area contributed by atoms with Crippen molar-refractivity contribution in [2.75, 3.05) is 13.1 Å². The van der Waals surface area contributed by atoms with Crippen LogP contribution in [0.5, 0.6) is 0 Å². The molecule has 0 bridgehead atoms. The average Bonchev–Trinajstić information content (AvgIpc) is 3.24. The van der Waals surface area contributed by atoms with Crippen LogP contribution in [-0.4, -0.2) is 39.5 Å². The zero-order valence-electron chi connectivity index (χ0n) is 15.5. The molecule has 2 atom stereocenters. The van der Waals surface area contributed by atoms with Crippen LogP contribution in [0.2, 0.25) is 0 Å². The fraction of sp³-hybridized carbons (Fsp3) is 0.273. The molecule has 2 heterocycles. The van der Waals surface area contributed by atoms with Gasteiger partial charge in [-0.15, -0.1) is 0 Å². The number of amides is 1. The fourth-order valence-electron chi connectivity index (χ4n) is 3.97. The molecule has 0 unspecified atom stereocenters. The van der Waals surface area contributed by atoms with Crippen molar-refractivity contribution in [3.63, 3.8) is 0 Å². The highest BCUT2D eigenvalue weighted by atomic mass is 19.1. The number of hydrogen-bond acceptors (Lipinski definition) is 2. The predicted octanol–water partition coefficient (Wildman–Crippen LogP) is 3.62. The molecular formula is C22H21FN2O3. The zero-order valence-corrected chi connectivity index (χ0v) is 15.5.